The molecule has 1 amide bonds. The second-order valence-electron chi connectivity index (χ2n) is 7.91. The molecule has 2 aromatic carbocycles. The Balaban J connectivity index is 1.79. The van der Waals surface area contributed by atoms with Crippen LogP contribution in [-0.4, -0.2) is 26.3 Å². The number of amides is 1. The highest BCUT2D eigenvalue weighted by molar-refractivity contribution is 7.87. The Morgan fingerprint density at radius 2 is 1.88 bits per heavy atom. The predicted molar refractivity (Wildman–Crippen MR) is 120 cm³/mol. The Morgan fingerprint density at radius 1 is 1.09 bits per heavy atom. The van der Waals surface area contributed by atoms with Crippen molar-refractivity contribution in [2.45, 2.75) is 38.3 Å². The molecular formula is C24H26FNO6S. The van der Waals surface area contributed by atoms with E-state index in [1.54, 1.807) is 35.4 Å². The first kappa shape index (κ1) is 24.3. The third-order valence-corrected chi connectivity index (χ3v) is 6.00. The second kappa shape index (κ2) is 10.5. The van der Waals surface area contributed by atoms with Crippen molar-refractivity contribution in [1.29, 1.82) is 0 Å². The Hall–Kier alpha value is -3.33. The zero-order valence-electron chi connectivity index (χ0n) is 18.7. The number of hydrogen-bond donors (Lipinski definition) is 0. The highest BCUT2D eigenvalue weighted by Gasteiger charge is 2.21. The molecule has 0 saturated carbocycles. The fourth-order valence-electron chi connectivity index (χ4n) is 3.19. The molecule has 0 spiro atoms. The molecule has 0 unspecified atom stereocenters. The molecule has 0 saturated heterocycles. The number of nitrogens with zero attached hydrogens (tertiary/aromatic N) is 1. The average Bonchev–Trinajstić information content (AvgIpc) is 3.26. The van der Waals surface area contributed by atoms with Crippen LogP contribution in [0.15, 0.2) is 70.2 Å². The van der Waals surface area contributed by atoms with Crippen LogP contribution in [0.1, 0.15) is 31.6 Å². The Kier molecular flexibility index (Phi) is 7.75. The number of benzene rings is 2. The van der Waals surface area contributed by atoms with E-state index in [4.69, 9.17) is 13.3 Å². The van der Waals surface area contributed by atoms with Crippen LogP contribution in [0.4, 0.5) is 4.39 Å². The van der Waals surface area contributed by atoms with E-state index in [2.05, 4.69) is 0 Å². The molecule has 0 aliphatic rings. The summed E-state index contributed by atoms with van der Waals surface area (Å²) < 4.78 is 54.6. The van der Waals surface area contributed by atoms with Crippen LogP contribution in [0.3, 0.4) is 0 Å². The largest absolute Gasteiger partial charge is 0.494 e. The molecule has 0 aliphatic heterocycles. The smallest absolute Gasteiger partial charge is 0.339 e. The lowest BCUT2D eigenvalue weighted by atomic mass is 10.1. The molecule has 0 radical (unpaired) electrons. The number of halogens is 1. The molecule has 0 N–H and O–H groups in total. The second-order valence-corrected chi connectivity index (χ2v) is 9.45. The van der Waals surface area contributed by atoms with Crippen molar-refractivity contribution < 1.29 is 30.9 Å². The lowest BCUT2D eigenvalue weighted by molar-refractivity contribution is -0.133. The van der Waals surface area contributed by atoms with Gasteiger partial charge >= 0.3 is 10.1 Å². The minimum atomic E-state index is -4.27. The van der Waals surface area contributed by atoms with E-state index < -0.39 is 15.9 Å². The fraction of sp³-hybridized carbons (Fsp3) is 0.292. The molecular weight excluding hydrogens is 449 g/mol. The van der Waals surface area contributed by atoms with Crippen molar-refractivity contribution in [3.05, 3.63) is 78.0 Å². The number of hydrogen-bond acceptors (Lipinski definition) is 6. The van der Waals surface area contributed by atoms with Gasteiger partial charge < -0.3 is 18.2 Å². The Bertz CT molecular complexity index is 1190. The zero-order valence-corrected chi connectivity index (χ0v) is 19.5. The molecule has 0 atom stereocenters. The van der Waals surface area contributed by atoms with Gasteiger partial charge in [-0.3, -0.25) is 4.79 Å². The zero-order chi connectivity index (χ0) is 24.0. The van der Waals surface area contributed by atoms with Gasteiger partial charge in [-0.15, -0.1) is 0 Å². The van der Waals surface area contributed by atoms with Crippen molar-refractivity contribution >= 4 is 16.0 Å². The first-order valence-corrected chi connectivity index (χ1v) is 11.8. The van der Waals surface area contributed by atoms with E-state index in [-0.39, 0.29) is 41.3 Å². The average molecular weight is 476 g/mol. The molecule has 176 valence electrons. The fourth-order valence-corrected chi connectivity index (χ4v) is 4.13. The van der Waals surface area contributed by atoms with Gasteiger partial charge in [0.1, 0.15) is 16.4 Å². The molecule has 9 heteroatoms. The normalized spacial score (nSPS) is 11.4. The number of ether oxygens (including phenoxy) is 1. The number of carbonyl (C=O) groups excluding carboxylic acids is 1. The number of methoxy groups -OCH3 is 1. The van der Waals surface area contributed by atoms with Gasteiger partial charge in [-0.1, -0.05) is 26.0 Å². The molecule has 1 aromatic heterocycles. The maximum absolute atomic E-state index is 14.0. The summed E-state index contributed by atoms with van der Waals surface area (Å²) in [4.78, 5) is 14.1. The van der Waals surface area contributed by atoms with E-state index in [0.29, 0.717) is 17.7 Å². The summed E-state index contributed by atoms with van der Waals surface area (Å²) in [6.45, 7) is 4.45. The molecule has 3 rings (SSSR count). The summed E-state index contributed by atoms with van der Waals surface area (Å²) in [5, 5.41) is 0. The van der Waals surface area contributed by atoms with E-state index in [9.17, 15) is 17.6 Å². The van der Waals surface area contributed by atoms with Crippen LogP contribution in [0.5, 0.6) is 11.5 Å². The standard InChI is InChI=1S/C24H26FNO6S/c1-17(2)12-24(27)26(16-20-8-5-11-31-20)15-18-6-4-7-19(13-18)32-33(28,29)21-9-10-23(30-3)22(25)14-21/h4-11,13-14,17H,12,15-16H2,1-3H3. The first-order valence-electron chi connectivity index (χ1n) is 10.3. The topological polar surface area (TPSA) is 86.1 Å². The van der Waals surface area contributed by atoms with E-state index in [1.165, 1.54) is 31.4 Å². The van der Waals surface area contributed by atoms with Gasteiger partial charge in [0, 0.05) is 13.0 Å². The van der Waals surface area contributed by atoms with Crippen LogP contribution < -0.4 is 8.92 Å². The van der Waals surface area contributed by atoms with Crippen molar-refractivity contribution in [1.82, 2.24) is 4.90 Å². The summed E-state index contributed by atoms with van der Waals surface area (Å²) in [6.07, 6.45) is 1.91. The minimum Gasteiger partial charge on any atom is -0.494 e. The minimum absolute atomic E-state index is 0.0472. The summed E-state index contributed by atoms with van der Waals surface area (Å²) in [5.41, 5.74) is 0.673. The molecule has 33 heavy (non-hydrogen) atoms. The number of furan rings is 1. The van der Waals surface area contributed by atoms with Crippen LogP contribution in [0.2, 0.25) is 0 Å². The maximum atomic E-state index is 14.0. The Labute approximate surface area is 192 Å². The highest BCUT2D eigenvalue weighted by atomic mass is 32.2. The van der Waals surface area contributed by atoms with E-state index >= 15 is 0 Å². The first-order chi connectivity index (χ1) is 15.7. The summed E-state index contributed by atoms with van der Waals surface area (Å²) in [6, 6.07) is 13.2. The van der Waals surface area contributed by atoms with Crippen molar-refractivity contribution in [3.63, 3.8) is 0 Å². The SMILES string of the molecule is COc1ccc(S(=O)(=O)Oc2cccc(CN(Cc3ccco3)C(=O)CC(C)C)c2)cc1F. The van der Waals surface area contributed by atoms with E-state index in [1.807, 2.05) is 13.8 Å². The lowest BCUT2D eigenvalue weighted by Crippen LogP contribution is -2.30. The van der Waals surface area contributed by atoms with Crippen LogP contribution in [0, 0.1) is 11.7 Å². The van der Waals surface area contributed by atoms with Crippen molar-refractivity contribution in [2.75, 3.05) is 7.11 Å². The van der Waals surface area contributed by atoms with E-state index in [0.717, 1.165) is 6.07 Å². The number of carbonyl (C=O) groups is 1. The predicted octanol–water partition coefficient (Wildman–Crippen LogP) is 4.77. The molecule has 3 aromatic rings. The highest BCUT2D eigenvalue weighted by Crippen LogP contribution is 2.25. The molecule has 0 aliphatic carbocycles. The van der Waals surface area contributed by atoms with Gasteiger partial charge in [-0.2, -0.15) is 8.42 Å². The van der Waals surface area contributed by atoms with Crippen molar-refractivity contribution in [2.24, 2.45) is 5.92 Å². The summed E-state index contributed by atoms with van der Waals surface area (Å²) in [7, 11) is -2.98. The van der Waals surface area contributed by atoms with Gasteiger partial charge in [0.2, 0.25) is 5.91 Å². The summed E-state index contributed by atoms with van der Waals surface area (Å²) in [5.74, 6) is -0.0521. The van der Waals surface area contributed by atoms with Gasteiger partial charge in [0.25, 0.3) is 0 Å². The van der Waals surface area contributed by atoms with Gasteiger partial charge in [-0.25, -0.2) is 4.39 Å². The lowest BCUT2D eigenvalue weighted by Gasteiger charge is -2.23. The van der Waals surface area contributed by atoms with Gasteiger partial charge in [-0.05, 0) is 53.9 Å². The maximum Gasteiger partial charge on any atom is 0.339 e. The van der Waals surface area contributed by atoms with Crippen LogP contribution in [-0.2, 0) is 28.0 Å². The van der Waals surface area contributed by atoms with Gasteiger partial charge in [0.15, 0.2) is 11.6 Å². The van der Waals surface area contributed by atoms with Crippen LogP contribution in [0.25, 0.3) is 0 Å². The third kappa shape index (κ3) is 6.58. The quantitative estimate of drug-likeness (QED) is 0.393. The summed E-state index contributed by atoms with van der Waals surface area (Å²) >= 11 is 0. The molecule has 0 fully saturated rings. The van der Waals surface area contributed by atoms with Gasteiger partial charge in [0.05, 0.1) is 19.9 Å². The van der Waals surface area contributed by atoms with Crippen molar-refractivity contribution in [3.8, 4) is 11.5 Å². The molecule has 7 nitrogen and oxygen atoms in total. The molecule has 1 heterocycles. The third-order valence-electron chi connectivity index (χ3n) is 4.75. The number of rotatable bonds is 10. The monoisotopic (exact) mass is 475 g/mol. The van der Waals surface area contributed by atoms with Crippen LogP contribution >= 0.6 is 0 Å². The molecule has 0 bridgehead atoms. The Morgan fingerprint density at radius 3 is 2.52 bits per heavy atom.